The molecule has 0 aliphatic rings. The van der Waals surface area contributed by atoms with Crippen LogP contribution in [0.3, 0.4) is 0 Å². The highest BCUT2D eigenvalue weighted by Gasteiger charge is 2.28. The number of hydrogen-bond acceptors (Lipinski definition) is 4. The van der Waals surface area contributed by atoms with Crippen LogP contribution in [0.5, 0.6) is 0 Å². The van der Waals surface area contributed by atoms with Gasteiger partial charge in [0.15, 0.2) is 0 Å². The van der Waals surface area contributed by atoms with E-state index in [9.17, 15) is 24.8 Å². The number of carboxylic acid groups (broad SMARTS) is 1. The number of nitro groups is 1. The molecule has 2 aromatic carbocycles. The van der Waals surface area contributed by atoms with Crippen LogP contribution in [0.1, 0.15) is 12.5 Å². The van der Waals surface area contributed by atoms with Crippen molar-refractivity contribution in [1.29, 1.82) is 0 Å². The lowest BCUT2D eigenvalue weighted by atomic mass is 10.1. The molecule has 0 heterocycles. The smallest absolute Gasteiger partial charge is 0.326 e. The molecule has 0 bridgehead atoms. The number of para-hydroxylation sites is 1. The van der Waals surface area contributed by atoms with Gasteiger partial charge in [-0.25, -0.2) is 9.59 Å². The summed E-state index contributed by atoms with van der Waals surface area (Å²) in [5, 5.41) is 23.5. The van der Waals surface area contributed by atoms with Crippen molar-refractivity contribution in [2.75, 3.05) is 5.32 Å². The zero-order valence-electron chi connectivity index (χ0n) is 13.8. The van der Waals surface area contributed by atoms with E-state index in [0.29, 0.717) is 10.7 Å². The van der Waals surface area contributed by atoms with Gasteiger partial charge in [-0.2, -0.15) is 0 Å². The Labute approximate surface area is 154 Å². The number of nitrogens with one attached hydrogen (secondary N) is 1. The molecule has 2 N–H and O–H groups in total. The summed E-state index contributed by atoms with van der Waals surface area (Å²) in [6.07, 6.45) is 0. The summed E-state index contributed by atoms with van der Waals surface area (Å²) < 4.78 is 0. The summed E-state index contributed by atoms with van der Waals surface area (Å²) in [4.78, 5) is 35.6. The van der Waals surface area contributed by atoms with Crippen molar-refractivity contribution in [1.82, 2.24) is 4.90 Å². The van der Waals surface area contributed by atoms with Gasteiger partial charge in [0.2, 0.25) is 0 Å². The summed E-state index contributed by atoms with van der Waals surface area (Å²) in [6, 6.07) is 10.3. The van der Waals surface area contributed by atoms with Gasteiger partial charge in [0, 0.05) is 22.3 Å². The van der Waals surface area contributed by atoms with E-state index < -0.39 is 23.0 Å². The highest BCUT2D eigenvalue weighted by molar-refractivity contribution is 6.30. The van der Waals surface area contributed by atoms with Crippen molar-refractivity contribution in [3.8, 4) is 0 Å². The van der Waals surface area contributed by atoms with Gasteiger partial charge in [-0.3, -0.25) is 10.1 Å². The van der Waals surface area contributed by atoms with Crippen LogP contribution in [0, 0.1) is 10.1 Å². The lowest BCUT2D eigenvalue weighted by Gasteiger charge is -2.26. The second-order valence-corrected chi connectivity index (χ2v) is 5.90. The molecule has 136 valence electrons. The van der Waals surface area contributed by atoms with Crippen molar-refractivity contribution in [3.05, 3.63) is 69.2 Å². The molecule has 2 amide bonds. The number of nitro benzene ring substituents is 1. The molecule has 26 heavy (non-hydrogen) atoms. The Bertz CT molecular complexity index is 825. The Morgan fingerprint density at radius 3 is 2.42 bits per heavy atom. The average molecular weight is 378 g/mol. The quantitative estimate of drug-likeness (QED) is 0.587. The van der Waals surface area contributed by atoms with Gasteiger partial charge in [-0.1, -0.05) is 29.8 Å². The largest absolute Gasteiger partial charge is 0.480 e. The molecule has 0 fully saturated rings. The van der Waals surface area contributed by atoms with E-state index in [1.807, 2.05) is 0 Å². The third kappa shape index (κ3) is 4.70. The maximum absolute atomic E-state index is 12.6. The number of urea groups is 1. The fourth-order valence-corrected chi connectivity index (χ4v) is 2.38. The molecule has 9 heteroatoms. The van der Waals surface area contributed by atoms with E-state index in [1.165, 1.54) is 25.1 Å². The minimum atomic E-state index is -1.23. The minimum Gasteiger partial charge on any atom is -0.480 e. The average Bonchev–Trinajstić information content (AvgIpc) is 2.61. The Kier molecular flexibility index (Phi) is 6.13. The molecule has 0 radical (unpaired) electrons. The van der Waals surface area contributed by atoms with Crippen LogP contribution < -0.4 is 5.32 Å². The number of carboxylic acids is 1. The third-order valence-electron chi connectivity index (χ3n) is 3.71. The number of aliphatic carboxylic acids is 1. The predicted octanol–water partition coefficient (Wildman–Crippen LogP) is 3.76. The van der Waals surface area contributed by atoms with Crippen LogP contribution >= 0.6 is 11.6 Å². The van der Waals surface area contributed by atoms with Gasteiger partial charge in [-0.15, -0.1) is 0 Å². The van der Waals surface area contributed by atoms with E-state index in [0.717, 1.165) is 4.90 Å². The van der Waals surface area contributed by atoms with E-state index in [-0.39, 0.29) is 17.8 Å². The Hall–Kier alpha value is -3.13. The Morgan fingerprint density at radius 1 is 1.23 bits per heavy atom. The first-order valence-corrected chi connectivity index (χ1v) is 7.95. The molecular weight excluding hydrogens is 362 g/mol. The third-order valence-corrected chi connectivity index (χ3v) is 3.96. The summed E-state index contributed by atoms with van der Waals surface area (Å²) in [7, 11) is 0. The van der Waals surface area contributed by atoms with Crippen LogP contribution in [0.2, 0.25) is 5.02 Å². The lowest BCUT2D eigenvalue weighted by Crippen LogP contribution is -2.45. The summed E-state index contributed by atoms with van der Waals surface area (Å²) in [5.41, 5.74) is 0.468. The van der Waals surface area contributed by atoms with E-state index in [2.05, 4.69) is 5.32 Å². The topological polar surface area (TPSA) is 113 Å². The number of rotatable bonds is 6. The molecule has 1 atom stereocenters. The first-order chi connectivity index (χ1) is 12.3. The number of halogens is 1. The fraction of sp³-hybridized carbons (Fsp3) is 0.176. The lowest BCUT2D eigenvalue weighted by molar-refractivity contribution is -0.385. The minimum absolute atomic E-state index is 0.186. The molecule has 0 aromatic heterocycles. The Morgan fingerprint density at radius 2 is 1.85 bits per heavy atom. The van der Waals surface area contributed by atoms with Crippen LogP contribution in [-0.2, 0) is 11.3 Å². The summed E-state index contributed by atoms with van der Waals surface area (Å²) in [5.74, 6) is -1.23. The van der Waals surface area contributed by atoms with Gasteiger partial charge >= 0.3 is 12.0 Å². The standard InChI is InChI=1S/C17H16ClN3O5/c1-11(16(22)23)20(10-12-4-2-3-5-15(12)21(25)26)17(24)19-14-8-6-13(18)7-9-14/h2-9,11H,10H2,1H3,(H,19,24)(H,22,23)/t11-/m0/s1. The van der Waals surface area contributed by atoms with Gasteiger partial charge in [0.25, 0.3) is 5.69 Å². The highest BCUT2D eigenvalue weighted by Crippen LogP contribution is 2.22. The van der Waals surface area contributed by atoms with Crippen molar-refractivity contribution < 1.29 is 19.6 Å². The van der Waals surface area contributed by atoms with E-state index in [4.69, 9.17) is 11.6 Å². The molecule has 2 rings (SSSR count). The zero-order chi connectivity index (χ0) is 19.3. The molecule has 2 aromatic rings. The first kappa shape index (κ1) is 19.2. The molecule has 0 spiro atoms. The van der Waals surface area contributed by atoms with Crippen molar-refractivity contribution >= 4 is 35.0 Å². The number of benzene rings is 2. The maximum atomic E-state index is 12.6. The van der Waals surface area contributed by atoms with Gasteiger partial charge in [0.05, 0.1) is 11.5 Å². The van der Waals surface area contributed by atoms with Crippen LogP contribution in [0.4, 0.5) is 16.2 Å². The molecule has 0 unspecified atom stereocenters. The van der Waals surface area contributed by atoms with E-state index >= 15 is 0 Å². The highest BCUT2D eigenvalue weighted by atomic mass is 35.5. The maximum Gasteiger partial charge on any atom is 0.326 e. The summed E-state index contributed by atoms with van der Waals surface area (Å²) in [6.45, 7) is 1.10. The number of amides is 2. The molecular formula is C17H16ClN3O5. The van der Waals surface area contributed by atoms with Gasteiger partial charge < -0.3 is 15.3 Å². The first-order valence-electron chi connectivity index (χ1n) is 7.58. The van der Waals surface area contributed by atoms with Crippen molar-refractivity contribution in [3.63, 3.8) is 0 Å². The van der Waals surface area contributed by atoms with Crippen LogP contribution in [-0.4, -0.2) is 33.0 Å². The van der Waals surface area contributed by atoms with Gasteiger partial charge in [-0.05, 0) is 31.2 Å². The predicted molar refractivity (Wildman–Crippen MR) is 96.2 cm³/mol. The monoisotopic (exact) mass is 377 g/mol. The molecule has 0 aliphatic heterocycles. The molecule has 0 aliphatic carbocycles. The number of hydrogen-bond donors (Lipinski definition) is 2. The number of carbonyl (C=O) groups is 2. The second kappa shape index (κ2) is 8.30. The van der Waals surface area contributed by atoms with Crippen LogP contribution in [0.25, 0.3) is 0 Å². The number of anilines is 1. The van der Waals surface area contributed by atoms with E-state index in [1.54, 1.807) is 30.3 Å². The van der Waals surface area contributed by atoms with Gasteiger partial charge in [0.1, 0.15) is 6.04 Å². The normalized spacial score (nSPS) is 11.5. The van der Waals surface area contributed by atoms with Crippen molar-refractivity contribution in [2.24, 2.45) is 0 Å². The molecule has 8 nitrogen and oxygen atoms in total. The summed E-state index contributed by atoms with van der Waals surface area (Å²) >= 11 is 5.79. The Balaban J connectivity index is 2.29. The molecule has 0 saturated heterocycles. The number of nitrogens with zero attached hydrogens (tertiary/aromatic N) is 2. The fourth-order valence-electron chi connectivity index (χ4n) is 2.25. The zero-order valence-corrected chi connectivity index (χ0v) is 14.5. The van der Waals surface area contributed by atoms with Crippen LogP contribution in [0.15, 0.2) is 48.5 Å². The second-order valence-electron chi connectivity index (χ2n) is 5.46. The molecule has 0 saturated carbocycles. The number of carbonyl (C=O) groups excluding carboxylic acids is 1. The SMILES string of the molecule is C[C@@H](C(=O)O)N(Cc1ccccc1[N+](=O)[O-])C(=O)Nc1ccc(Cl)cc1. The van der Waals surface area contributed by atoms with Crippen molar-refractivity contribution in [2.45, 2.75) is 19.5 Å².